The lowest BCUT2D eigenvalue weighted by Crippen LogP contribution is -2.23. The van der Waals surface area contributed by atoms with Crippen LogP contribution in [0, 0.1) is 5.82 Å². The molecular formula is C20H17ClFNO3S2. The molecule has 0 radical (unpaired) electrons. The molecule has 0 spiro atoms. The van der Waals surface area contributed by atoms with Crippen LogP contribution in [0.25, 0.3) is 0 Å². The molecule has 0 fully saturated rings. The number of hydrogen-bond donors (Lipinski definition) is 2. The van der Waals surface area contributed by atoms with Crippen molar-refractivity contribution in [2.45, 2.75) is 27.8 Å². The molecule has 0 aliphatic rings. The second kappa shape index (κ2) is 9.07. The number of halogens is 2. The first-order valence-electron chi connectivity index (χ1n) is 8.30. The molecule has 0 unspecified atom stereocenters. The Hall–Kier alpha value is -1.90. The van der Waals surface area contributed by atoms with Gasteiger partial charge < -0.3 is 5.11 Å². The molecule has 3 aromatic rings. The van der Waals surface area contributed by atoms with Crippen LogP contribution < -0.4 is 4.72 Å². The summed E-state index contributed by atoms with van der Waals surface area (Å²) in [6.07, 6.45) is 0. The first kappa shape index (κ1) is 20.8. The Balaban J connectivity index is 1.81. The van der Waals surface area contributed by atoms with Crippen LogP contribution in [0.4, 0.5) is 4.39 Å². The quantitative estimate of drug-likeness (QED) is 0.566. The van der Waals surface area contributed by atoms with Crippen LogP contribution in [0.5, 0.6) is 0 Å². The van der Waals surface area contributed by atoms with Crippen molar-refractivity contribution < 1.29 is 17.9 Å². The van der Waals surface area contributed by atoms with E-state index >= 15 is 0 Å². The third-order valence-corrected chi connectivity index (χ3v) is 6.91. The van der Waals surface area contributed by atoms with Crippen molar-refractivity contribution in [1.29, 1.82) is 0 Å². The molecule has 4 nitrogen and oxygen atoms in total. The summed E-state index contributed by atoms with van der Waals surface area (Å²) >= 11 is 7.14. The highest BCUT2D eigenvalue weighted by molar-refractivity contribution is 7.99. The lowest BCUT2D eigenvalue weighted by atomic mass is 10.2. The standard InChI is InChI=1S/C20H17ClFNO3S2/c21-17-11-16(9-10-18(17)22)28(25,26)23-12-14-5-1-3-7-19(14)27-20-8-4-2-6-15(20)13-24/h1-11,23-24H,12-13H2. The van der Waals surface area contributed by atoms with Crippen molar-refractivity contribution >= 4 is 33.4 Å². The number of benzene rings is 3. The highest BCUT2D eigenvalue weighted by atomic mass is 35.5. The fourth-order valence-electron chi connectivity index (χ4n) is 2.50. The van der Waals surface area contributed by atoms with Crippen LogP contribution in [0.1, 0.15) is 11.1 Å². The minimum Gasteiger partial charge on any atom is -0.392 e. The van der Waals surface area contributed by atoms with E-state index in [1.165, 1.54) is 17.8 Å². The first-order valence-corrected chi connectivity index (χ1v) is 11.0. The average Bonchev–Trinajstić information content (AvgIpc) is 2.70. The van der Waals surface area contributed by atoms with Gasteiger partial charge in [-0.2, -0.15) is 0 Å². The van der Waals surface area contributed by atoms with E-state index in [0.29, 0.717) is 0 Å². The fraction of sp³-hybridized carbons (Fsp3) is 0.100. The molecule has 0 bridgehead atoms. The maximum absolute atomic E-state index is 13.3. The molecule has 8 heteroatoms. The predicted molar refractivity (Wildman–Crippen MR) is 108 cm³/mol. The van der Waals surface area contributed by atoms with Crippen LogP contribution in [-0.2, 0) is 23.2 Å². The summed E-state index contributed by atoms with van der Waals surface area (Å²) in [5.41, 5.74) is 1.57. The summed E-state index contributed by atoms with van der Waals surface area (Å²) in [7, 11) is -3.85. The number of aliphatic hydroxyl groups is 1. The summed E-state index contributed by atoms with van der Waals surface area (Å²) in [5, 5.41) is 9.25. The number of aliphatic hydroxyl groups excluding tert-OH is 1. The molecule has 0 amide bonds. The van der Waals surface area contributed by atoms with Crippen LogP contribution in [0.3, 0.4) is 0 Å². The number of hydrogen-bond acceptors (Lipinski definition) is 4. The van der Waals surface area contributed by atoms with E-state index in [9.17, 15) is 17.9 Å². The largest absolute Gasteiger partial charge is 0.392 e. The maximum atomic E-state index is 13.3. The minimum absolute atomic E-state index is 0.0573. The van der Waals surface area contributed by atoms with Crippen LogP contribution in [0.15, 0.2) is 81.4 Å². The van der Waals surface area contributed by atoms with Gasteiger partial charge in [-0.3, -0.25) is 0 Å². The van der Waals surface area contributed by atoms with E-state index < -0.39 is 15.8 Å². The molecule has 0 aliphatic carbocycles. The van der Waals surface area contributed by atoms with Crippen molar-refractivity contribution in [2.24, 2.45) is 0 Å². The SMILES string of the molecule is O=S(=O)(NCc1ccccc1Sc1ccccc1CO)c1ccc(F)c(Cl)c1. The molecule has 0 aromatic heterocycles. The van der Waals surface area contributed by atoms with Gasteiger partial charge in [-0.15, -0.1) is 0 Å². The molecule has 3 rings (SSSR count). The van der Waals surface area contributed by atoms with Gasteiger partial charge >= 0.3 is 0 Å². The summed E-state index contributed by atoms with van der Waals surface area (Å²) in [6, 6.07) is 18.1. The Labute approximate surface area is 172 Å². The van der Waals surface area contributed by atoms with Crippen molar-refractivity contribution in [3.05, 3.63) is 88.7 Å². The van der Waals surface area contributed by atoms with Crippen LogP contribution in [-0.4, -0.2) is 13.5 Å². The highest BCUT2D eigenvalue weighted by Crippen LogP contribution is 2.33. The van der Waals surface area contributed by atoms with E-state index in [1.807, 2.05) is 48.5 Å². The van der Waals surface area contributed by atoms with Gasteiger partial charge in [0, 0.05) is 16.3 Å². The topological polar surface area (TPSA) is 66.4 Å². The molecule has 0 saturated heterocycles. The van der Waals surface area contributed by atoms with E-state index in [4.69, 9.17) is 11.6 Å². The Bertz CT molecular complexity index is 1090. The van der Waals surface area contributed by atoms with Gasteiger partial charge in [0.05, 0.1) is 16.5 Å². The zero-order valence-corrected chi connectivity index (χ0v) is 17.0. The zero-order valence-electron chi connectivity index (χ0n) is 14.6. The van der Waals surface area contributed by atoms with Crippen molar-refractivity contribution in [1.82, 2.24) is 4.72 Å². The second-order valence-corrected chi connectivity index (χ2v) is 9.13. The number of nitrogens with one attached hydrogen (secondary N) is 1. The third kappa shape index (κ3) is 4.92. The number of sulfonamides is 1. The van der Waals surface area contributed by atoms with Gasteiger partial charge in [0.15, 0.2) is 0 Å². The van der Waals surface area contributed by atoms with Crippen LogP contribution in [0.2, 0.25) is 5.02 Å². The van der Waals surface area contributed by atoms with E-state index in [1.54, 1.807) is 0 Å². The van der Waals surface area contributed by atoms with Gasteiger partial charge in [0.1, 0.15) is 5.82 Å². The molecule has 0 aliphatic heterocycles. The maximum Gasteiger partial charge on any atom is 0.240 e. The van der Waals surface area contributed by atoms with E-state index in [-0.39, 0.29) is 23.1 Å². The Morgan fingerprint density at radius 3 is 2.21 bits per heavy atom. The fourth-order valence-corrected chi connectivity index (χ4v) is 4.84. The van der Waals surface area contributed by atoms with Gasteiger partial charge in [-0.1, -0.05) is 59.8 Å². The molecule has 2 N–H and O–H groups in total. The minimum atomic E-state index is -3.85. The second-order valence-electron chi connectivity index (χ2n) is 5.88. The first-order chi connectivity index (χ1) is 13.4. The monoisotopic (exact) mass is 437 g/mol. The van der Waals surface area contributed by atoms with Gasteiger partial charge in [-0.25, -0.2) is 17.5 Å². The molecule has 3 aromatic carbocycles. The molecule has 0 heterocycles. The molecule has 146 valence electrons. The summed E-state index contributed by atoms with van der Waals surface area (Å²) in [6.45, 7) is -0.0227. The lowest BCUT2D eigenvalue weighted by molar-refractivity contribution is 0.279. The van der Waals surface area contributed by atoms with Crippen molar-refractivity contribution in [3.8, 4) is 0 Å². The predicted octanol–water partition coefficient (Wildman–Crippen LogP) is 4.60. The van der Waals surface area contributed by atoms with E-state index in [2.05, 4.69) is 4.72 Å². The Kier molecular flexibility index (Phi) is 6.74. The Morgan fingerprint density at radius 1 is 0.964 bits per heavy atom. The summed E-state index contributed by atoms with van der Waals surface area (Å²) in [5.74, 6) is -0.676. The van der Waals surface area contributed by atoms with Crippen molar-refractivity contribution in [2.75, 3.05) is 0 Å². The van der Waals surface area contributed by atoms with Gasteiger partial charge in [-0.05, 0) is 41.5 Å². The lowest BCUT2D eigenvalue weighted by Gasteiger charge is -2.13. The molecular weight excluding hydrogens is 421 g/mol. The average molecular weight is 438 g/mol. The summed E-state index contributed by atoms with van der Waals surface area (Å²) in [4.78, 5) is 1.66. The van der Waals surface area contributed by atoms with Gasteiger partial charge in [0.25, 0.3) is 0 Å². The van der Waals surface area contributed by atoms with Crippen LogP contribution >= 0.6 is 23.4 Å². The zero-order chi connectivity index (χ0) is 20.1. The van der Waals surface area contributed by atoms with Gasteiger partial charge in [0.2, 0.25) is 10.0 Å². The summed E-state index contributed by atoms with van der Waals surface area (Å²) < 4.78 is 40.8. The Morgan fingerprint density at radius 2 is 1.57 bits per heavy atom. The number of rotatable bonds is 7. The highest BCUT2D eigenvalue weighted by Gasteiger charge is 2.17. The third-order valence-electron chi connectivity index (χ3n) is 3.99. The molecule has 0 saturated carbocycles. The normalized spacial score (nSPS) is 11.5. The smallest absolute Gasteiger partial charge is 0.240 e. The van der Waals surface area contributed by atoms with E-state index in [0.717, 1.165) is 33.1 Å². The molecule has 28 heavy (non-hydrogen) atoms. The van der Waals surface area contributed by atoms with Crippen molar-refractivity contribution in [3.63, 3.8) is 0 Å². The molecule has 0 atom stereocenters.